The number of carbonyl (C=O) groups excluding carboxylic acids is 2. The lowest BCUT2D eigenvalue weighted by atomic mass is 9.90. The van der Waals surface area contributed by atoms with Crippen LogP contribution in [0.2, 0.25) is 0 Å². The van der Waals surface area contributed by atoms with Crippen LogP contribution in [0.25, 0.3) is 11.3 Å². The van der Waals surface area contributed by atoms with E-state index in [-0.39, 0.29) is 36.6 Å². The van der Waals surface area contributed by atoms with Gasteiger partial charge in [-0.15, -0.1) is 11.3 Å². The molecule has 0 spiro atoms. The number of thiazole rings is 1. The Kier molecular flexibility index (Phi) is 4.09. The summed E-state index contributed by atoms with van der Waals surface area (Å²) in [7, 11) is 1.71. The number of rotatable bonds is 2. The zero-order chi connectivity index (χ0) is 20.1. The Morgan fingerprint density at radius 3 is 2.83 bits per heavy atom. The molecule has 0 bridgehead atoms. The summed E-state index contributed by atoms with van der Waals surface area (Å²) < 4.78 is 18.7. The molecule has 3 heterocycles. The molecule has 2 amide bonds. The van der Waals surface area contributed by atoms with Gasteiger partial charge in [-0.3, -0.25) is 9.59 Å². The number of nitrogens with one attached hydrogen (secondary N) is 1. The highest BCUT2D eigenvalue weighted by Gasteiger charge is 2.32. The fourth-order valence-corrected chi connectivity index (χ4v) is 4.59. The third kappa shape index (κ3) is 3.05. The van der Waals surface area contributed by atoms with E-state index in [2.05, 4.69) is 5.32 Å². The molecule has 3 aromatic rings. The van der Waals surface area contributed by atoms with Gasteiger partial charge in [0.1, 0.15) is 16.6 Å². The molecule has 1 unspecified atom stereocenters. The molecule has 146 valence electrons. The molecule has 0 saturated heterocycles. The average Bonchev–Trinajstić information content (AvgIpc) is 3.20. The van der Waals surface area contributed by atoms with Gasteiger partial charge in [-0.05, 0) is 35.9 Å². The zero-order valence-electron chi connectivity index (χ0n) is 15.4. The topological polar surface area (TPSA) is 71.5 Å². The molecule has 1 atom stereocenters. The van der Waals surface area contributed by atoms with Crippen LogP contribution >= 0.6 is 11.3 Å². The van der Waals surface area contributed by atoms with Crippen molar-refractivity contribution in [2.75, 3.05) is 23.9 Å². The van der Waals surface area contributed by atoms with E-state index < -0.39 is 0 Å². The second kappa shape index (κ2) is 6.66. The number of amides is 2. The number of aromatic nitrogens is 1. The lowest BCUT2D eigenvalue weighted by molar-refractivity contribution is -0.121. The first kappa shape index (κ1) is 17.8. The molecular formula is C21H16FN3O3S. The van der Waals surface area contributed by atoms with E-state index in [0.717, 1.165) is 21.8 Å². The van der Waals surface area contributed by atoms with Crippen molar-refractivity contribution < 1.29 is 18.7 Å². The number of ether oxygens (including phenoxy) is 1. The fraction of sp³-hybridized carbons (Fsp3) is 0.190. The molecule has 8 heteroatoms. The Balaban J connectivity index is 1.56. The molecule has 2 aliphatic heterocycles. The highest BCUT2D eigenvalue weighted by atomic mass is 32.1. The monoisotopic (exact) mass is 409 g/mol. The van der Waals surface area contributed by atoms with Crippen LogP contribution in [0.3, 0.4) is 0 Å². The third-order valence-electron chi connectivity index (χ3n) is 5.22. The summed E-state index contributed by atoms with van der Waals surface area (Å²) in [5.41, 5.74) is 3.81. The van der Waals surface area contributed by atoms with E-state index in [1.807, 2.05) is 11.4 Å². The predicted octanol–water partition coefficient (Wildman–Crippen LogP) is 3.78. The minimum Gasteiger partial charge on any atom is -0.481 e. The number of likely N-dealkylation sites (N-methyl/N-ethyl adjacent to an activating group) is 1. The molecule has 1 N–H and O–H groups in total. The third-order valence-corrected chi connectivity index (χ3v) is 6.18. The fourth-order valence-electron chi connectivity index (χ4n) is 3.65. The smallest absolute Gasteiger partial charge is 0.264 e. The van der Waals surface area contributed by atoms with Crippen molar-refractivity contribution >= 4 is 34.5 Å². The molecule has 5 rings (SSSR count). The zero-order valence-corrected chi connectivity index (χ0v) is 16.3. The van der Waals surface area contributed by atoms with Gasteiger partial charge in [0.25, 0.3) is 5.91 Å². The number of hydrogen-bond acceptors (Lipinski definition) is 5. The molecule has 0 radical (unpaired) electrons. The maximum absolute atomic E-state index is 13.2. The van der Waals surface area contributed by atoms with Gasteiger partial charge in [0.2, 0.25) is 5.91 Å². The van der Waals surface area contributed by atoms with Gasteiger partial charge < -0.3 is 15.0 Å². The summed E-state index contributed by atoms with van der Waals surface area (Å²) in [6, 6.07) is 9.83. The van der Waals surface area contributed by atoms with Crippen molar-refractivity contribution in [1.82, 2.24) is 4.98 Å². The number of halogens is 1. The SMILES string of the molecule is CN1C(=O)COc2cc3c(cc21)C(c1nc(-c2ccc(F)cc2)cs1)CC(=O)N3. The van der Waals surface area contributed by atoms with Crippen molar-refractivity contribution in [3.05, 3.63) is 58.2 Å². The number of carbonyl (C=O) groups is 2. The van der Waals surface area contributed by atoms with Gasteiger partial charge in [-0.1, -0.05) is 0 Å². The molecule has 6 nitrogen and oxygen atoms in total. The molecule has 29 heavy (non-hydrogen) atoms. The summed E-state index contributed by atoms with van der Waals surface area (Å²) in [6.07, 6.45) is 0.265. The van der Waals surface area contributed by atoms with E-state index in [1.165, 1.54) is 23.5 Å². The number of anilines is 2. The van der Waals surface area contributed by atoms with Gasteiger partial charge >= 0.3 is 0 Å². The lowest BCUT2D eigenvalue weighted by Crippen LogP contribution is -2.36. The predicted molar refractivity (Wildman–Crippen MR) is 108 cm³/mol. The summed E-state index contributed by atoms with van der Waals surface area (Å²) >= 11 is 1.46. The van der Waals surface area contributed by atoms with Crippen LogP contribution in [0.15, 0.2) is 41.8 Å². The molecule has 0 saturated carbocycles. The highest BCUT2D eigenvalue weighted by molar-refractivity contribution is 7.10. The summed E-state index contributed by atoms with van der Waals surface area (Å²) in [6.45, 7) is -0.0207. The van der Waals surface area contributed by atoms with Crippen molar-refractivity contribution in [3.63, 3.8) is 0 Å². The van der Waals surface area contributed by atoms with E-state index in [1.54, 1.807) is 30.1 Å². The minimum atomic E-state index is -0.298. The first-order valence-corrected chi connectivity index (χ1v) is 9.96. The average molecular weight is 409 g/mol. The van der Waals surface area contributed by atoms with Gasteiger partial charge in [0.05, 0.1) is 11.4 Å². The molecule has 0 aliphatic carbocycles. The quantitative estimate of drug-likeness (QED) is 0.699. The first-order chi connectivity index (χ1) is 14.0. The van der Waals surface area contributed by atoms with Gasteiger partial charge in [-0.25, -0.2) is 9.37 Å². The number of benzene rings is 2. The summed E-state index contributed by atoms with van der Waals surface area (Å²) in [4.78, 5) is 30.6. The Hall–Kier alpha value is -3.26. The van der Waals surface area contributed by atoms with Gasteiger partial charge in [0.15, 0.2) is 6.61 Å². The number of nitrogens with zero attached hydrogens (tertiary/aromatic N) is 2. The second-order valence-corrected chi connectivity index (χ2v) is 7.92. The number of fused-ring (bicyclic) bond motifs is 2. The van der Waals surface area contributed by atoms with Crippen LogP contribution in [0.5, 0.6) is 5.75 Å². The van der Waals surface area contributed by atoms with Crippen LogP contribution in [0, 0.1) is 5.82 Å². The molecule has 0 fully saturated rings. The van der Waals surface area contributed by atoms with E-state index in [9.17, 15) is 14.0 Å². The Bertz CT molecular complexity index is 1140. The minimum absolute atomic E-state index is 0.0207. The van der Waals surface area contributed by atoms with Crippen molar-refractivity contribution in [2.45, 2.75) is 12.3 Å². The van der Waals surface area contributed by atoms with Crippen LogP contribution in [0.4, 0.5) is 15.8 Å². The summed E-state index contributed by atoms with van der Waals surface area (Å²) in [5.74, 6) is -0.178. The van der Waals surface area contributed by atoms with Crippen molar-refractivity contribution in [3.8, 4) is 17.0 Å². The van der Waals surface area contributed by atoms with Crippen LogP contribution in [0.1, 0.15) is 22.9 Å². The Morgan fingerprint density at radius 1 is 1.24 bits per heavy atom. The summed E-state index contributed by atoms with van der Waals surface area (Å²) in [5, 5.41) is 5.60. The normalized spacial score (nSPS) is 18.0. The standard InChI is InChI=1S/C21H16FN3O3S/c1-25-17-6-13-14(7-19(26)23-15(13)8-18(17)28-9-20(25)27)21-24-16(10-29-21)11-2-4-12(22)5-3-11/h2-6,8,10,14H,7,9H2,1H3,(H,23,26). The van der Waals surface area contributed by atoms with E-state index in [4.69, 9.17) is 9.72 Å². The maximum Gasteiger partial charge on any atom is 0.264 e. The van der Waals surface area contributed by atoms with Crippen molar-refractivity contribution in [2.24, 2.45) is 0 Å². The van der Waals surface area contributed by atoms with Gasteiger partial charge in [-0.2, -0.15) is 0 Å². The second-order valence-electron chi connectivity index (χ2n) is 7.03. The van der Waals surface area contributed by atoms with Crippen molar-refractivity contribution in [1.29, 1.82) is 0 Å². The van der Waals surface area contributed by atoms with E-state index >= 15 is 0 Å². The van der Waals surface area contributed by atoms with E-state index in [0.29, 0.717) is 17.1 Å². The molecule has 2 aliphatic rings. The Labute approximate surface area is 169 Å². The van der Waals surface area contributed by atoms with Gasteiger partial charge in [0, 0.05) is 42.1 Å². The highest BCUT2D eigenvalue weighted by Crippen LogP contribution is 2.45. The largest absolute Gasteiger partial charge is 0.481 e. The molecule has 2 aromatic carbocycles. The van der Waals surface area contributed by atoms with Crippen LogP contribution < -0.4 is 15.0 Å². The molecule has 1 aromatic heterocycles. The van der Waals surface area contributed by atoms with Crippen LogP contribution in [-0.4, -0.2) is 30.5 Å². The van der Waals surface area contributed by atoms with Crippen LogP contribution in [-0.2, 0) is 9.59 Å². The maximum atomic E-state index is 13.2. The molecular weight excluding hydrogens is 393 g/mol. The number of hydrogen-bond donors (Lipinski definition) is 1. The first-order valence-electron chi connectivity index (χ1n) is 9.08. The Morgan fingerprint density at radius 2 is 2.03 bits per heavy atom. The lowest BCUT2D eigenvalue weighted by Gasteiger charge is -2.31.